The Kier molecular flexibility index (Phi) is 13.9. The van der Waals surface area contributed by atoms with Crippen LogP contribution in [0.4, 0.5) is 34.1 Å². The number of nitrogens with zero attached hydrogens (tertiary/aromatic N) is 2. The highest BCUT2D eigenvalue weighted by Crippen LogP contribution is 2.40. The van der Waals surface area contributed by atoms with Crippen molar-refractivity contribution in [2.24, 2.45) is 0 Å². The van der Waals surface area contributed by atoms with Gasteiger partial charge in [-0.2, -0.15) is 0 Å². The smallest absolute Gasteiger partial charge is 0.0462 e. The lowest BCUT2D eigenvalue weighted by Gasteiger charge is -2.30. The highest BCUT2D eigenvalue weighted by atomic mass is 15.1. The molecule has 2 heteroatoms. The second kappa shape index (κ2) is 19.2. The summed E-state index contributed by atoms with van der Waals surface area (Å²) in [6.07, 6.45) is 10.5. The van der Waals surface area contributed by atoms with Gasteiger partial charge in [0.25, 0.3) is 0 Å². The number of aryl methyl sites for hydroxylation is 2. The molecule has 0 heterocycles. The maximum Gasteiger partial charge on any atom is 0.0462 e. The van der Waals surface area contributed by atoms with Gasteiger partial charge in [-0.25, -0.2) is 0 Å². The predicted molar refractivity (Wildman–Crippen MR) is 245 cm³/mol. The van der Waals surface area contributed by atoms with Crippen LogP contribution in [-0.4, -0.2) is 0 Å². The molecule has 0 aliphatic rings. The minimum Gasteiger partial charge on any atom is -0.311 e. The third kappa shape index (κ3) is 9.47. The van der Waals surface area contributed by atoms with Crippen molar-refractivity contribution in [1.29, 1.82) is 0 Å². The Bertz CT molecular complexity index is 2050. The van der Waals surface area contributed by atoms with Gasteiger partial charge in [-0.15, -0.1) is 0 Å². The van der Waals surface area contributed by atoms with Gasteiger partial charge >= 0.3 is 0 Å². The first kappa shape index (κ1) is 40.6. The largest absolute Gasteiger partial charge is 0.311 e. The van der Waals surface area contributed by atoms with Crippen molar-refractivity contribution in [3.63, 3.8) is 0 Å². The Morgan fingerprint density at radius 2 is 0.750 bits per heavy atom. The van der Waals surface area contributed by atoms with Gasteiger partial charge in [-0.05, 0) is 162 Å². The van der Waals surface area contributed by atoms with E-state index in [9.17, 15) is 0 Å². The van der Waals surface area contributed by atoms with E-state index in [-0.39, 0.29) is 5.41 Å². The third-order valence-corrected chi connectivity index (χ3v) is 12.3. The van der Waals surface area contributed by atoms with Crippen LogP contribution >= 0.6 is 0 Å². The molecule has 0 aliphatic carbocycles. The zero-order chi connectivity index (χ0) is 39.5. The van der Waals surface area contributed by atoms with E-state index >= 15 is 0 Å². The number of anilines is 6. The molecular weight excluding hydrogens is 677 g/mol. The van der Waals surface area contributed by atoms with Crippen LogP contribution in [-0.2, 0) is 18.3 Å². The average Bonchev–Trinajstić information content (AvgIpc) is 3.26. The number of unbranched alkanes of at least 4 members (excludes halogenated alkanes) is 2. The molecule has 0 aliphatic heterocycles. The number of benzene rings is 6. The summed E-state index contributed by atoms with van der Waals surface area (Å²) in [5.41, 5.74) is 15.2. The van der Waals surface area contributed by atoms with Crippen molar-refractivity contribution in [2.75, 3.05) is 9.80 Å². The standard InChI is InChI=1S/C54H64N2/c1-8-13-15-42-17-29-48(30-18-42)55(50-33-21-44(22-34-50)41(6)10-3)51-35-23-45(24-36-51)46-25-37-52(38-26-46)56(49-31-19-43(20-32-49)16-14-9-2)53-39-27-47(28-40-53)54(7,11-4)12-5/h17-41H,8-16H2,1-7H3. The van der Waals surface area contributed by atoms with Crippen LogP contribution in [0.15, 0.2) is 146 Å². The van der Waals surface area contributed by atoms with Crippen LogP contribution in [0.2, 0.25) is 0 Å². The van der Waals surface area contributed by atoms with E-state index in [1.807, 2.05) is 0 Å². The molecule has 290 valence electrons. The maximum absolute atomic E-state index is 2.40. The first-order valence-corrected chi connectivity index (χ1v) is 21.5. The van der Waals surface area contributed by atoms with Crippen molar-refractivity contribution < 1.29 is 0 Å². The van der Waals surface area contributed by atoms with Crippen LogP contribution in [0, 0.1) is 0 Å². The van der Waals surface area contributed by atoms with Gasteiger partial charge in [0.2, 0.25) is 0 Å². The van der Waals surface area contributed by atoms with Crippen LogP contribution < -0.4 is 9.80 Å². The highest BCUT2D eigenvalue weighted by molar-refractivity contribution is 5.81. The molecule has 56 heavy (non-hydrogen) atoms. The quantitative estimate of drug-likeness (QED) is 0.0866. The molecule has 2 nitrogen and oxygen atoms in total. The van der Waals surface area contributed by atoms with Gasteiger partial charge in [0.15, 0.2) is 0 Å². The van der Waals surface area contributed by atoms with E-state index in [4.69, 9.17) is 0 Å². The summed E-state index contributed by atoms with van der Waals surface area (Å²) in [5.74, 6) is 0.549. The number of hydrogen-bond donors (Lipinski definition) is 0. The summed E-state index contributed by atoms with van der Waals surface area (Å²) in [5, 5.41) is 0. The summed E-state index contributed by atoms with van der Waals surface area (Å²) >= 11 is 0. The second-order valence-corrected chi connectivity index (χ2v) is 16.0. The topological polar surface area (TPSA) is 6.48 Å². The molecule has 0 saturated carbocycles. The normalized spacial score (nSPS) is 12.1. The van der Waals surface area contributed by atoms with Crippen LogP contribution in [0.1, 0.15) is 122 Å². The summed E-state index contributed by atoms with van der Waals surface area (Å²) in [7, 11) is 0. The number of hydrogen-bond acceptors (Lipinski definition) is 2. The molecular formula is C54H64N2. The lowest BCUT2D eigenvalue weighted by atomic mass is 9.78. The molecule has 0 N–H and O–H groups in total. The van der Waals surface area contributed by atoms with Crippen LogP contribution in [0.5, 0.6) is 0 Å². The Morgan fingerprint density at radius 3 is 1.07 bits per heavy atom. The summed E-state index contributed by atoms with van der Waals surface area (Å²) in [6, 6.07) is 55.0. The van der Waals surface area contributed by atoms with Crippen molar-refractivity contribution in [2.45, 2.75) is 118 Å². The van der Waals surface area contributed by atoms with Crippen molar-refractivity contribution in [3.05, 3.63) is 168 Å². The van der Waals surface area contributed by atoms with E-state index in [1.54, 1.807) is 0 Å². The van der Waals surface area contributed by atoms with Gasteiger partial charge in [0, 0.05) is 34.1 Å². The monoisotopic (exact) mass is 741 g/mol. The lowest BCUT2D eigenvalue weighted by molar-refractivity contribution is 0.439. The summed E-state index contributed by atoms with van der Waals surface area (Å²) < 4.78 is 0. The van der Waals surface area contributed by atoms with Crippen LogP contribution in [0.3, 0.4) is 0 Å². The van der Waals surface area contributed by atoms with E-state index in [1.165, 1.54) is 81.8 Å². The molecule has 6 rings (SSSR count). The zero-order valence-corrected chi connectivity index (χ0v) is 35.2. The Morgan fingerprint density at radius 1 is 0.429 bits per heavy atom. The van der Waals surface area contributed by atoms with E-state index in [0.717, 1.165) is 43.5 Å². The lowest BCUT2D eigenvalue weighted by Crippen LogP contribution is -2.19. The average molecular weight is 741 g/mol. The molecule has 1 unspecified atom stereocenters. The maximum atomic E-state index is 2.40. The molecule has 0 amide bonds. The minimum absolute atomic E-state index is 0.190. The van der Waals surface area contributed by atoms with E-state index in [2.05, 4.69) is 204 Å². The molecule has 1 atom stereocenters. The molecule has 0 saturated heterocycles. The van der Waals surface area contributed by atoms with E-state index in [0.29, 0.717) is 5.92 Å². The Balaban J connectivity index is 1.30. The third-order valence-electron chi connectivity index (χ3n) is 12.3. The molecule has 6 aromatic rings. The molecule has 0 spiro atoms. The van der Waals surface area contributed by atoms with Crippen molar-refractivity contribution in [3.8, 4) is 11.1 Å². The Hall–Kier alpha value is -5.08. The first-order chi connectivity index (χ1) is 27.3. The van der Waals surface area contributed by atoms with Crippen LogP contribution in [0.25, 0.3) is 11.1 Å². The number of rotatable bonds is 18. The van der Waals surface area contributed by atoms with Crippen molar-refractivity contribution >= 4 is 34.1 Å². The predicted octanol–water partition coefficient (Wildman–Crippen LogP) is 16.6. The molecule has 0 bridgehead atoms. The fourth-order valence-corrected chi connectivity index (χ4v) is 7.74. The van der Waals surface area contributed by atoms with Gasteiger partial charge < -0.3 is 9.80 Å². The highest BCUT2D eigenvalue weighted by Gasteiger charge is 2.23. The second-order valence-electron chi connectivity index (χ2n) is 16.0. The first-order valence-electron chi connectivity index (χ1n) is 21.5. The van der Waals surface area contributed by atoms with Gasteiger partial charge in [-0.3, -0.25) is 0 Å². The van der Waals surface area contributed by atoms with E-state index < -0.39 is 0 Å². The molecule has 0 fully saturated rings. The zero-order valence-electron chi connectivity index (χ0n) is 35.2. The minimum atomic E-state index is 0.190. The van der Waals surface area contributed by atoms with Crippen molar-refractivity contribution in [1.82, 2.24) is 0 Å². The Labute approximate surface area is 339 Å². The molecule has 6 aromatic carbocycles. The SMILES string of the molecule is CCCCc1ccc(N(c2ccc(-c3ccc(N(c4ccc(CCCC)cc4)c4ccc(C(C)(CC)CC)cc4)cc3)cc2)c2ccc(C(C)CC)cc2)cc1. The fraction of sp³-hybridized carbons (Fsp3) is 0.333. The van der Waals surface area contributed by atoms with Gasteiger partial charge in [-0.1, -0.05) is 134 Å². The summed E-state index contributed by atoms with van der Waals surface area (Å²) in [4.78, 5) is 4.78. The van der Waals surface area contributed by atoms with Gasteiger partial charge in [0.1, 0.15) is 0 Å². The summed E-state index contributed by atoms with van der Waals surface area (Å²) in [6.45, 7) is 16.1. The van der Waals surface area contributed by atoms with Gasteiger partial charge in [0.05, 0.1) is 0 Å². The molecule has 0 aromatic heterocycles. The molecule has 0 radical (unpaired) electrons. The fourth-order valence-electron chi connectivity index (χ4n) is 7.74.